The number of ether oxygens (including phenoxy) is 1. The summed E-state index contributed by atoms with van der Waals surface area (Å²) in [6.07, 6.45) is 3.45. The fourth-order valence-electron chi connectivity index (χ4n) is 1.39. The highest BCUT2D eigenvalue weighted by Gasteiger charge is 2.10. The van der Waals surface area contributed by atoms with Gasteiger partial charge in [-0.3, -0.25) is 5.10 Å². The van der Waals surface area contributed by atoms with E-state index >= 15 is 0 Å². The SMILES string of the molecule is COCCn1cnnc1-c1cn[nH]c1C. The third kappa shape index (κ3) is 1.89. The van der Waals surface area contributed by atoms with Crippen molar-refractivity contribution >= 4 is 0 Å². The van der Waals surface area contributed by atoms with Gasteiger partial charge in [-0.25, -0.2) is 0 Å². The van der Waals surface area contributed by atoms with E-state index in [4.69, 9.17) is 4.74 Å². The third-order valence-electron chi connectivity index (χ3n) is 2.22. The molecule has 0 spiro atoms. The molecule has 0 aliphatic rings. The minimum atomic E-state index is 0.641. The summed E-state index contributed by atoms with van der Waals surface area (Å²) in [7, 11) is 1.67. The molecule has 0 radical (unpaired) electrons. The number of aromatic amines is 1. The fraction of sp³-hybridized carbons (Fsp3) is 0.444. The quantitative estimate of drug-likeness (QED) is 0.798. The molecular weight excluding hydrogens is 194 g/mol. The molecule has 0 amide bonds. The highest BCUT2D eigenvalue weighted by Crippen LogP contribution is 2.18. The molecule has 80 valence electrons. The van der Waals surface area contributed by atoms with E-state index in [0.717, 1.165) is 23.6 Å². The van der Waals surface area contributed by atoms with Crippen LogP contribution in [0.15, 0.2) is 12.5 Å². The maximum absolute atomic E-state index is 5.02. The summed E-state index contributed by atoms with van der Waals surface area (Å²) < 4.78 is 6.96. The smallest absolute Gasteiger partial charge is 0.167 e. The van der Waals surface area contributed by atoms with E-state index in [9.17, 15) is 0 Å². The molecule has 6 heteroatoms. The van der Waals surface area contributed by atoms with Crippen LogP contribution in [0.2, 0.25) is 0 Å². The monoisotopic (exact) mass is 207 g/mol. The zero-order valence-corrected chi connectivity index (χ0v) is 8.77. The molecule has 0 saturated carbocycles. The lowest BCUT2D eigenvalue weighted by Gasteiger charge is -2.04. The van der Waals surface area contributed by atoms with Crippen molar-refractivity contribution in [1.29, 1.82) is 0 Å². The summed E-state index contributed by atoms with van der Waals surface area (Å²) in [5.41, 5.74) is 1.96. The number of methoxy groups -OCH3 is 1. The van der Waals surface area contributed by atoms with Gasteiger partial charge in [0.05, 0.1) is 18.4 Å². The van der Waals surface area contributed by atoms with Crippen molar-refractivity contribution in [1.82, 2.24) is 25.0 Å². The van der Waals surface area contributed by atoms with E-state index in [1.807, 2.05) is 11.5 Å². The van der Waals surface area contributed by atoms with Crippen LogP contribution in [0.25, 0.3) is 11.4 Å². The van der Waals surface area contributed by atoms with Crippen LogP contribution in [0.5, 0.6) is 0 Å². The van der Waals surface area contributed by atoms with Crippen LogP contribution in [0.4, 0.5) is 0 Å². The van der Waals surface area contributed by atoms with Crippen LogP contribution >= 0.6 is 0 Å². The summed E-state index contributed by atoms with van der Waals surface area (Å²) in [6.45, 7) is 3.34. The van der Waals surface area contributed by atoms with Gasteiger partial charge in [-0.15, -0.1) is 10.2 Å². The Morgan fingerprint density at radius 1 is 1.53 bits per heavy atom. The summed E-state index contributed by atoms with van der Waals surface area (Å²) in [5.74, 6) is 0.818. The highest BCUT2D eigenvalue weighted by atomic mass is 16.5. The molecule has 2 rings (SSSR count). The van der Waals surface area contributed by atoms with Gasteiger partial charge in [0.2, 0.25) is 0 Å². The molecule has 2 aromatic rings. The number of rotatable bonds is 4. The summed E-state index contributed by atoms with van der Waals surface area (Å²) in [4.78, 5) is 0. The van der Waals surface area contributed by atoms with Crippen molar-refractivity contribution in [2.24, 2.45) is 0 Å². The van der Waals surface area contributed by atoms with Crippen molar-refractivity contribution in [2.75, 3.05) is 13.7 Å². The first-order chi connectivity index (χ1) is 7.33. The van der Waals surface area contributed by atoms with Crippen molar-refractivity contribution < 1.29 is 4.74 Å². The normalized spacial score (nSPS) is 10.8. The van der Waals surface area contributed by atoms with E-state index in [1.54, 1.807) is 19.6 Å². The van der Waals surface area contributed by atoms with Crippen molar-refractivity contribution in [2.45, 2.75) is 13.5 Å². The molecule has 0 fully saturated rings. The molecule has 2 heterocycles. The molecule has 2 aromatic heterocycles. The van der Waals surface area contributed by atoms with Crippen LogP contribution in [0, 0.1) is 6.92 Å². The van der Waals surface area contributed by atoms with Gasteiger partial charge in [0.15, 0.2) is 5.82 Å². The molecule has 1 N–H and O–H groups in total. The number of nitrogens with one attached hydrogen (secondary N) is 1. The van der Waals surface area contributed by atoms with E-state index in [0.29, 0.717) is 6.61 Å². The first-order valence-corrected chi connectivity index (χ1v) is 4.70. The largest absolute Gasteiger partial charge is 0.383 e. The lowest BCUT2D eigenvalue weighted by molar-refractivity contribution is 0.187. The number of aromatic nitrogens is 5. The van der Waals surface area contributed by atoms with Gasteiger partial charge in [-0.2, -0.15) is 5.10 Å². The fourth-order valence-corrected chi connectivity index (χ4v) is 1.39. The molecule has 0 aliphatic carbocycles. The van der Waals surface area contributed by atoms with Crippen LogP contribution in [-0.4, -0.2) is 38.7 Å². The predicted octanol–water partition coefficient (Wildman–Crippen LogP) is 0.623. The van der Waals surface area contributed by atoms with Crippen molar-refractivity contribution in [3.63, 3.8) is 0 Å². The first-order valence-electron chi connectivity index (χ1n) is 4.70. The second kappa shape index (κ2) is 4.22. The topological polar surface area (TPSA) is 68.6 Å². The number of H-pyrrole nitrogens is 1. The van der Waals surface area contributed by atoms with E-state index < -0.39 is 0 Å². The van der Waals surface area contributed by atoms with Gasteiger partial charge in [0.25, 0.3) is 0 Å². The Morgan fingerprint density at radius 3 is 3.07 bits per heavy atom. The molecule has 0 bridgehead atoms. The third-order valence-corrected chi connectivity index (χ3v) is 2.22. The molecule has 0 unspecified atom stereocenters. The second-order valence-corrected chi connectivity index (χ2v) is 3.25. The molecular formula is C9H13N5O. The Balaban J connectivity index is 2.29. The number of aryl methyl sites for hydroxylation is 1. The first kappa shape index (κ1) is 9.85. The summed E-state index contributed by atoms with van der Waals surface area (Å²) in [5, 5.41) is 14.8. The molecule has 0 aromatic carbocycles. The molecule has 0 aliphatic heterocycles. The van der Waals surface area contributed by atoms with Gasteiger partial charge in [0, 0.05) is 19.3 Å². The molecule has 15 heavy (non-hydrogen) atoms. The van der Waals surface area contributed by atoms with Gasteiger partial charge < -0.3 is 9.30 Å². The number of nitrogens with zero attached hydrogens (tertiary/aromatic N) is 4. The van der Waals surface area contributed by atoms with Crippen molar-refractivity contribution in [3.05, 3.63) is 18.2 Å². The van der Waals surface area contributed by atoms with E-state index in [-0.39, 0.29) is 0 Å². The molecule has 0 saturated heterocycles. The average Bonchev–Trinajstić information content (AvgIpc) is 2.82. The average molecular weight is 207 g/mol. The van der Waals surface area contributed by atoms with Crippen LogP contribution in [0.3, 0.4) is 0 Å². The Morgan fingerprint density at radius 2 is 2.40 bits per heavy atom. The van der Waals surface area contributed by atoms with Gasteiger partial charge in [-0.05, 0) is 6.92 Å². The van der Waals surface area contributed by atoms with Gasteiger partial charge in [0.1, 0.15) is 6.33 Å². The van der Waals surface area contributed by atoms with E-state index in [1.165, 1.54) is 0 Å². The zero-order chi connectivity index (χ0) is 10.7. The number of hydrogen-bond acceptors (Lipinski definition) is 4. The van der Waals surface area contributed by atoms with Crippen LogP contribution < -0.4 is 0 Å². The Hall–Kier alpha value is -1.69. The minimum absolute atomic E-state index is 0.641. The maximum atomic E-state index is 5.02. The van der Waals surface area contributed by atoms with Gasteiger partial charge in [-0.1, -0.05) is 0 Å². The Bertz CT molecular complexity index is 433. The van der Waals surface area contributed by atoms with Crippen LogP contribution in [-0.2, 0) is 11.3 Å². The predicted molar refractivity (Wildman–Crippen MR) is 54.2 cm³/mol. The van der Waals surface area contributed by atoms with Crippen LogP contribution in [0.1, 0.15) is 5.69 Å². The Kier molecular flexibility index (Phi) is 2.77. The highest BCUT2D eigenvalue weighted by molar-refractivity contribution is 5.56. The zero-order valence-electron chi connectivity index (χ0n) is 8.77. The summed E-state index contributed by atoms with van der Waals surface area (Å²) in [6, 6.07) is 0. The molecule has 0 atom stereocenters. The lowest BCUT2D eigenvalue weighted by Crippen LogP contribution is -2.05. The number of hydrogen-bond donors (Lipinski definition) is 1. The Labute approximate surface area is 87.3 Å². The van der Waals surface area contributed by atoms with Crippen molar-refractivity contribution in [3.8, 4) is 11.4 Å². The molecule has 6 nitrogen and oxygen atoms in total. The second-order valence-electron chi connectivity index (χ2n) is 3.25. The standard InChI is InChI=1S/C9H13N5O/c1-7-8(5-10-12-7)9-13-11-6-14(9)3-4-15-2/h5-6H,3-4H2,1-2H3,(H,10,12). The minimum Gasteiger partial charge on any atom is -0.383 e. The lowest BCUT2D eigenvalue weighted by atomic mass is 10.2. The maximum Gasteiger partial charge on any atom is 0.167 e. The van der Waals surface area contributed by atoms with E-state index in [2.05, 4.69) is 20.4 Å². The van der Waals surface area contributed by atoms with Gasteiger partial charge >= 0.3 is 0 Å². The summed E-state index contributed by atoms with van der Waals surface area (Å²) >= 11 is 0.